The summed E-state index contributed by atoms with van der Waals surface area (Å²) < 4.78 is 80.5. The number of amides is 1. The van der Waals surface area contributed by atoms with E-state index in [2.05, 4.69) is 25.0 Å². The van der Waals surface area contributed by atoms with E-state index in [0.717, 1.165) is 12.4 Å². The Kier molecular flexibility index (Phi) is 7.60. The maximum Gasteiger partial charge on any atom is 0.451 e. The highest BCUT2D eigenvalue weighted by molar-refractivity contribution is 7.16. The minimum Gasteiger partial charge on any atom is -0.394 e. The van der Waals surface area contributed by atoms with Crippen LogP contribution in [0.25, 0.3) is 11.3 Å². The quantitative estimate of drug-likeness (QED) is 0.455. The number of hydrogen-bond acceptors (Lipinski definition) is 9. The van der Waals surface area contributed by atoms with Gasteiger partial charge in [0.25, 0.3) is 0 Å². The number of aromatic nitrogens is 6. The maximum atomic E-state index is 13.5. The van der Waals surface area contributed by atoms with Gasteiger partial charge in [0.1, 0.15) is 23.1 Å². The van der Waals surface area contributed by atoms with E-state index < -0.39 is 35.8 Å². The van der Waals surface area contributed by atoms with Crippen LogP contribution in [-0.4, -0.2) is 77.9 Å². The summed E-state index contributed by atoms with van der Waals surface area (Å²) in [6.45, 7) is 3.11. The van der Waals surface area contributed by atoms with E-state index >= 15 is 0 Å². The first-order chi connectivity index (χ1) is 17.8. The lowest BCUT2D eigenvalue weighted by Crippen LogP contribution is -2.57. The lowest BCUT2D eigenvalue weighted by Gasteiger charge is -2.41. The van der Waals surface area contributed by atoms with Crippen molar-refractivity contribution >= 4 is 22.2 Å². The largest absolute Gasteiger partial charge is 0.451 e. The van der Waals surface area contributed by atoms with Gasteiger partial charge in [0.15, 0.2) is 5.82 Å². The van der Waals surface area contributed by atoms with Gasteiger partial charge >= 0.3 is 12.4 Å². The minimum absolute atomic E-state index is 0.0194. The van der Waals surface area contributed by atoms with Crippen molar-refractivity contribution < 1.29 is 36.2 Å². The average molecular weight is 565 g/mol. The molecule has 1 fully saturated rings. The average Bonchev–Trinajstić information content (AvgIpc) is 3.47. The fourth-order valence-corrected chi connectivity index (χ4v) is 4.94. The predicted octanol–water partition coefficient (Wildman–Crippen LogP) is 2.81. The number of aliphatic hydroxyl groups excluding tert-OH is 1. The predicted molar refractivity (Wildman–Crippen MR) is 122 cm³/mol. The summed E-state index contributed by atoms with van der Waals surface area (Å²) in [7, 11) is 0. The Hall–Kier alpha value is -3.34. The topological polar surface area (TPSA) is 113 Å². The van der Waals surface area contributed by atoms with E-state index in [4.69, 9.17) is 0 Å². The van der Waals surface area contributed by atoms with Crippen LogP contribution in [-0.2, 0) is 30.1 Å². The molecule has 0 radical (unpaired) electrons. The zero-order valence-electron chi connectivity index (χ0n) is 20.1. The lowest BCUT2D eigenvalue weighted by atomic mass is 10.1. The minimum atomic E-state index is -4.82. The molecule has 1 N–H and O–H groups in total. The van der Waals surface area contributed by atoms with E-state index in [1.807, 2.05) is 6.92 Å². The third-order valence-electron chi connectivity index (χ3n) is 5.83. The van der Waals surface area contributed by atoms with Gasteiger partial charge in [-0.15, -0.1) is 0 Å². The van der Waals surface area contributed by atoms with Gasteiger partial charge in [0.2, 0.25) is 16.7 Å². The molecule has 1 unspecified atom stereocenters. The molecule has 3 aromatic heterocycles. The van der Waals surface area contributed by atoms with Gasteiger partial charge in [-0.05, 0) is 6.92 Å². The number of nitrogens with zero attached hydrogens (tertiary/aromatic N) is 8. The Morgan fingerprint density at radius 2 is 1.79 bits per heavy atom. The molecule has 17 heteroatoms. The van der Waals surface area contributed by atoms with E-state index in [1.165, 1.54) is 14.5 Å². The highest BCUT2D eigenvalue weighted by atomic mass is 32.1. The summed E-state index contributed by atoms with van der Waals surface area (Å²) in [5, 5.41) is 13.1. The maximum absolute atomic E-state index is 13.5. The molecule has 0 aromatic carbocycles. The number of thiazole rings is 1. The summed E-state index contributed by atoms with van der Waals surface area (Å²) in [5.74, 6) is -0.669. The first-order valence-electron chi connectivity index (χ1n) is 11.3. The molecule has 4 rings (SSSR count). The highest BCUT2D eigenvalue weighted by Gasteiger charge is 2.39. The van der Waals surface area contributed by atoms with Gasteiger partial charge in [0, 0.05) is 44.0 Å². The van der Waals surface area contributed by atoms with Gasteiger partial charge < -0.3 is 14.9 Å². The first-order valence-corrected chi connectivity index (χ1v) is 12.2. The SMILES string of the molecule is CCc1nc(C)n(CC(=O)N2CCN(c3sc(C(F)(F)F)nc3-c3cnc(C(F)(F)F)nc3)CC2CO)n1. The molecule has 1 amide bonds. The van der Waals surface area contributed by atoms with Crippen LogP contribution in [0.15, 0.2) is 12.4 Å². The Morgan fingerprint density at radius 3 is 2.34 bits per heavy atom. The molecule has 206 valence electrons. The molecule has 1 aliphatic rings. The normalized spacial score (nSPS) is 16.8. The molecule has 1 atom stereocenters. The Morgan fingerprint density at radius 1 is 1.11 bits per heavy atom. The Balaban J connectivity index is 1.59. The second-order valence-electron chi connectivity index (χ2n) is 8.42. The summed E-state index contributed by atoms with van der Waals surface area (Å²) in [6, 6.07) is -0.765. The molecule has 3 aromatic rings. The fourth-order valence-electron chi connectivity index (χ4n) is 3.95. The van der Waals surface area contributed by atoms with Gasteiger partial charge in [0.05, 0.1) is 12.6 Å². The third-order valence-corrected chi connectivity index (χ3v) is 6.99. The molecule has 0 spiro atoms. The molecule has 1 aliphatic heterocycles. The molecule has 10 nitrogen and oxygen atoms in total. The van der Waals surface area contributed by atoms with E-state index in [0.29, 0.717) is 29.4 Å². The zero-order valence-corrected chi connectivity index (χ0v) is 20.9. The highest BCUT2D eigenvalue weighted by Crippen LogP contribution is 2.43. The van der Waals surface area contributed by atoms with Crippen molar-refractivity contribution in [3.8, 4) is 11.3 Å². The molecule has 0 bridgehead atoms. The van der Waals surface area contributed by atoms with Crippen LogP contribution in [0.2, 0.25) is 0 Å². The van der Waals surface area contributed by atoms with Crippen LogP contribution in [0.3, 0.4) is 0 Å². The smallest absolute Gasteiger partial charge is 0.394 e. The van der Waals surface area contributed by atoms with Crippen LogP contribution in [0.4, 0.5) is 31.3 Å². The molecular weight excluding hydrogens is 542 g/mol. The van der Waals surface area contributed by atoms with Gasteiger partial charge in [-0.25, -0.2) is 24.6 Å². The molecule has 0 saturated carbocycles. The number of rotatable bonds is 6. The summed E-state index contributed by atoms with van der Waals surface area (Å²) in [6.07, 6.45) is -7.50. The van der Waals surface area contributed by atoms with Crippen molar-refractivity contribution in [1.82, 2.24) is 34.6 Å². The summed E-state index contributed by atoms with van der Waals surface area (Å²) in [5.41, 5.74) is -0.370. The van der Waals surface area contributed by atoms with Gasteiger partial charge in [-0.2, -0.15) is 31.4 Å². The van der Waals surface area contributed by atoms with Crippen LogP contribution >= 0.6 is 11.3 Å². The second-order valence-corrected chi connectivity index (χ2v) is 9.40. The van der Waals surface area contributed by atoms with E-state index in [9.17, 15) is 36.2 Å². The molecule has 0 aliphatic carbocycles. The van der Waals surface area contributed by atoms with Crippen molar-refractivity contribution in [3.05, 3.63) is 34.9 Å². The second kappa shape index (κ2) is 10.4. The number of aryl methyl sites for hydroxylation is 2. The van der Waals surface area contributed by atoms with Crippen LogP contribution in [0.5, 0.6) is 0 Å². The van der Waals surface area contributed by atoms with Crippen LogP contribution < -0.4 is 4.90 Å². The monoisotopic (exact) mass is 564 g/mol. The number of halogens is 6. The summed E-state index contributed by atoms with van der Waals surface area (Å²) >= 11 is 0.314. The molecule has 1 saturated heterocycles. The van der Waals surface area contributed by atoms with E-state index in [-0.39, 0.29) is 48.3 Å². The number of aliphatic hydroxyl groups is 1. The van der Waals surface area contributed by atoms with Crippen LogP contribution in [0, 0.1) is 6.92 Å². The van der Waals surface area contributed by atoms with E-state index in [1.54, 1.807) is 6.92 Å². The van der Waals surface area contributed by atoms with Crippen molar-refractivity contribution in [2.45, 2.75) is 45.2 Å². The molecule has 38 heavy (non-hydrogen) atoms. The molecular formula is C21H22F6N8O2S. The lowest BCUT2D eigenvalue weighted by molar-refractivity contribution is -0.145. The number of alkyl halides is 6. The van der Waals surface area contributed by atoms with Crippen molar-refractivity contribution in [2.24, 2.45) is 0 Å². The number of anilines is 1. The van der Waals surface area contributed by atoms with Crippen LogP contribution in [0.1, 0.15) is 29.4 Å². The third kappa shape index (κ3) is 5.72. The number of piperazine rings is 1. The van der Waals surface area contributed by atoms with Crippen molar-refractivity contribution in [1.29, 1.82) is 0 Å². The van der Waals surface area contributed by atoms with Crippen molar-refractivity contribution in [2.75, 3.05) is 31.1 Å². The zero-order chi connectivity index (χ0) is 27.8. The fraction of sp³-hybridized carbons (Fsp3) is 0.524. The van der Waals surface area contributed by atoms with Gasteiger partial charge in [-0.1, -0.05) is 18.3 Å². The van der Waals surface area contributed by atoms with Crippen molar-refractivity contribution in [3.63, 3.8) is 0 Å². The molecule has 4 heterocycles. The number of hydrogen-bond donors (Lipinski definition) is 1. The Labute approximate surface area is 216 Å². The Bertz CT molecular complexity index is 1290. The number of carbonyl (C=O) groups is 1. The summed E-state index contributed by atoms with van der Waals surface area (Å²) in [4.78, 5) is 30.3. The van der Waals surface area contributed by atoms with Gasteiger partial charge in [-0.3, -0.25) is 4.79 Å². The first kappa shape index (κ1) is 27.7. The number of carbonyl (C=O) groups excluding carboxylic acids is 1. The standard InChI is InChI=1S/C21H22F6N8O2S/c1-3-14-30-11(2)35(32-14)9-15(37)34-5-4-33(8-13(34)10-36)17-16(31-19(38-17)21(25,26)27)12-6-28-18(29-7-12)20(22,23)24/h6-7,13,36H,3-5,8-10H2,1-2H3.